The van der Waals surface area contributed by atoms with Gasteiger partial charge in [0.1, 0.15) is 17.9 Å². The molecule has 3 aliphatic carbocycles. The van der Waals surface area contributed by atoms with Gasteiger partial charge in [-0.05, 0) is 31.4 Å². The van der Waals surface area contributed by atoms with Gasteiger partial charge in [-0.2, -0.15) is 10.4 Å². The molecule has 9 heteroatoms. The molecule has 0 saturated heterocycles. The van der Waals surface area contributed by atoms with Crippen LogP contribution in [0, 0.1) is 22.2 Å². The molecule has 0 spiro atoms. The first-order valence-electron chi connectivity index (χ1n) is 10.2. The Kier molecular flexibility index (Phi) is 3.69. The zero-order valence-electron chi connectivity index (χ0n) is 16.7. The molecule has 154 valence electrons. The Balaban J connectivity index is 1.12. The number of aromatic nitrogens is 4. The minimum Gasteiger partial charge on any atom is -0.476 e. The fourth-order valence-electron chi connectivity index (χ4n) is 5.33. The summed E-state index contributed by atoms with van der Waals surface area (Å²) in [6, 6.07) is 7.70. The number of hydrogen-bond acceptors (Lipinski definition) is 7. The number of imidazole rings is 1. The van der Waals surface area contributed by atoms with Gasteiger partial charge in [0.25, 0.3) is 0 Å². The standard InChI is InChI=1S/C22H19N7O2/c23-7-15-8-25-18(10-24-15)31-14-21-11-22(12-21,13-21)20(30)29-17(4-5-27-29)19-26-9-16-3-1-2-6-28(16)19/h1-3,5-6,8-10,17H,4,11-14H2. The van der Waals surface area contributed by atoms with E-state index in [2.05, 4.69) is 20.1 Å². The lowest BCUT2D eigenvalue weighted by atomic mass is 9.35. The predicted molar refractivity (Wildman–Crippen MR) is 109 cm³/mol. The number of nitriles is 1. The molecule has 2 bridgehead atoms. The van der Waals surface area contributed by atoms with Crippen molar-refractivity contribution in [2.75, 3.05) is 6.61 Å². The van der Waals surface area contributed by atoms with E-state index in [9.17, 15) is 4.79 Å². The van der Waals surface area contributed by atoms with E-state index in [1.54, 1.807) is 11.2 Å². The van der Waals surface area contributed by atoms with Gasteiger partial charge in [-0.25, -0.2) is 20.0 Å². The largest absolute Gasteiger partial charge is 0.476 e. The maximum atomic E-state index is 13.4. The minimum absolute atomic E-state index is 0.0180. The highest BCUT2D eigenvalue weighted by Crippen LogP contribution is 2.74. The first kappa shape index (κ1) is 18.0. The van der Waals surface area contributed by atoms with Crippen molar-refractivity contribution < 1.29 is 9.53 Å². The third-order valence-electron chi connectivity index (χ3n) is 6.67. The zero-order valence-corrected chi connectivity index (χ0v) is 16.7. The van der Waals surface area contributed by atoms with Gasteiger partial charge in [-0.1, -0.05) is 6.07 Å². The molecule has 7 rings (SSSR count). The molecule has 4 heterocycles. The van der Waals surface area contributed by atoms with Crippen LogP contribution in [-0.4, -0.2) is 43.1 Å². The number of nitrogens with zero attached hydrogens (tertiary/aromatic N) is 7. The highest BCUT2D eigenvalue weighted by atomic mass is 16.5. The molecule has 4 aliphatic rings. The van der Waals surface area contributed by atoms with E-state index in [1.165, 1.54) is 12.4 Å². The number of hydrogen-bond donors (Lipinski definition) is 0. The van der Waals surface area contributed by atoms with Crippen molar-refractivity contribution in [1.82, 2.24) is 24.4 Å². The lowest BCUT2D eigenvalue weighted by molar-refractivity contribution is -0.227. The second kappa shape index (κ2) is 6.35. The average Bonchev–Trinajstić information content (AvgIpc) is 3.38. The maximum absolute atomic E-state index is 13.4. The summed E-state index contributed by atoms with van der Waals surface area (Å²) >= 11 is 0. The summed E-state index contributed by atoms with van der Waals surface area (Å²) < 4.78 is 7.80. The van der Waals surface area contributed by atoms with Crippen molar-refractivity contribution in [1.29, 1.82) is 5.26 Å². The van der Waals surface area contributed by atoms with E-state index in [1.807, 2.05) is 41.1 Å². The summed E-state index contributed by atoms with van der Waals surface area (Å²) in [4.78, 5) is 26.0. The quantitative estimate of drug-likeness (QED) is 0.636. The van der Waals surface area contributed by atoms with Gasteiger partial charge in [-0.15, -0.1) is 0 Å². The van der Waals surface area contributed by atoms with E-state index in [0.29, 0.717) is 18.9 Å². The van der Waals surface area contributed by atoms with Gasteiger partial charge in [0.05, 0.1) is 36.1 Å². The number of rotatable bonds is 5. The fraction of sp³-hybridized carbons (Fsp3) is 0.364. The van der Waals surface area contributed by atoms with Crippen molar-refractivity contribution in [3.05, 3.63) is 54.5 Å². The number of amides is 1. The van der Waals surface area contributed by atoms with Crippen molar-refractivity contribution >= 4 is 17.6 Å². The van der Waals surface area contributed by atoms with Gasteiger partial charge in [0.2, 0.25) is 11.8 Å². The topological polar surface area (TPSA) is 109 Å². The van der Waals surface area contributed by atoms with Crippen LogP contribution < -0.4 is 4.74 Å². The van der Waals surface area contributed by atoms with Crippen LogP contribution in [0.4, 0.5) is 0 Å². The Morgan fingerprint density at radius 3 is 2.84 bits per heavy atom. The van der Waals surface area contributed by atoms with Crippen LogP contribution in [0.3, 0.4) is 0 Å². The van der Waals surface area contributed by atoms with E-state index < -0.39 is 0 Å². The van der Waals surface area contributed by atoms with E-state index in [-0.39, 0.29) is 28.5 Å². The Morgan fingerprint density at radius 1 is 1.19 bits per heavy atom. The second-order valence-electron chi connectivity index (χ2n) is 8.76. The molecular weight excluding hydrogens is 394 g/mol. The summed E-state index contributed by atoms with van der Waals surface area (Å²) in [6.07, 6.45) is 11.5. The molecule has 3 saturated carbocycles. The van der Waals surface area contributed by atoms with E-state index in [4.69, 9.17) is 10.00 Å². The molecule has 0 N–H and O–H groups in total. The molecule has 31 heavy (non-hydrogen) atoms. The predicted octanol–water partition coefficient (Wildman–Crippen LogP) is 2.50. The van der Waals surface area contributed by atoms with Crippen molar-refractivity contribution in [2.45, 2.75) is 31.7 Å². The lowest BCUT2D eigenvalue weighted by Gasteiger charge is -2.69. The van der Waals surface area contributed by atoms with Gasteiger partial charge < -0.3 is 9.14 Å². The number of ether oxygens (including phenoxy) is 1. The van der Waals surface area contributed by atoms with Crippen LogP contribution in [0.5, 0.6) is 5.88 Å². The van der Waals surface area contributed by atoms with Crippen LogP contribution in [-0.2, 0) is 4.79 Å². The Hall–Kier alpha value is -3.80. The van der Waals surface area contributed by atoms with Crippen LogP contribution in [0.1, 0.15) is 43.2 Å². The van der Waals surface area contributed by atoms with Crippen LogP contribution in [0.2, 0.25) is 0 Å². The highest BCUT2D eigenvalue weighted by molar-refractivity contribution is 5.88. The molecule has 1 unspecified atom stereocenters. The molecule has 0 aromatic carbocycles. The molecule has 3 fully saturated rings. The summed E-state index contributed by atoms with van der Waals surface area (Å²) in [7, 11) is 0. The Morgan fingerprint density at radius 2 is 2.06 bits per heavy atom. The zero-order chi connectivity index (χ0) is 21.1. The van der Waals surface area contributed by atoms with Gasteiger partial charge >= 0.3 is 0 Å². The van der Waals surface area contributed by atoms with Crippen molar-refractivity contribution in [3.8, 4) is 11.9 Å². The summed E-state index contributed by atoms with van der Waals surface area (Å²) in [5, 5.41) is 14.8. The van der Waals surface area contributed by atoms with Crippen molar-refractivity contribution in [2.24, 2.45) is 15.9 Å². The normalized spacial score (nSPS) is 28.1. The first-order valence-corrected chi connectivity index (χ1v) is 10.2. The number of fused-ring (bicyclic) bond motifs is 1. The number of hydrazone groups is 1. The molecule has 3 aromatic heterocycles. The molecule has 9 nitrogen and oxygen atoms in total. The maximum Gasteiger partial charge on any atom is 0.249 e. The number of carbonyl (C=O) groups is 1. The first-order chi connectivity index (χ1) is 15.1. The Bertz CT molecular complexity index is 1240. The smallest absolute Gasteiger partial charge is 0.249 e. The number of carbonyl (C=O) groups excluding carboxylic acids is 1. The monoisotopic (exact) mass is 413 g/mol. The van der Waals surface area contributed by atoms with Gasteiger partial charge in [-0.3, -0.25) is 4.79 Å². The lowest BCUT2D eigenvalue weighted by Crippen LogP contribution is -2.69. The highest BCUT2D eigenvalue weighted by Gasteiger charge is 2.73. The van der Waals surface area contributed by atoms with Crippen LogP contribution in [0.15, 0.2) is 48.1 Å². The number of pyridine rings is 1. The molecular formula is C22H19N7O2. The van der Waals surface area contributed by atoms with Crippen LogP contribution >= 0.6 is 0 Å². The summed E-state index contributed by atoms with van der Waals surface area (Å²) in [6.45, 7) is 0.500. The summed E-state index contributed by atoms with van der Waals surface area (Å²) in [5.74, 6) is 1.32. The SMILES string of the molecule is N#Cc1cnc(OCC23CC(C(=O)N4N=CCC4c4ncc5ccccn45)(C2)C3)cn1. The third kappa shape index (κ3) is 2.64. The molecule has 0 radical (unpaired) electrons. The third-order valence-corrected chi connectivity index (χ3v) is 6.67. The molecule has 1 atom stereocenters. The second-order valence-corrected chi connectivity index (χ2v) is 8.76. The molecule has 3 aromatic rings. The van der Waals surface area contributed by atoms with Gasteiger partial charge in [0.15, 0.2) is 5.69 Å². The minimum atomic E-state index is -0.341. The van der Waals surface area contributed by atoms with Crippen molar-refractivity contribution in [3.63, 3.8) is 0 Å². The van der Waals surface area contributed by atoms with Gasteiger partial charge in [0, 0.05) is 24.2 Å². The van der Waals surface area contributed by atoms with E-state index >= 15 is 0 Å². The average molecular weight is 413 g/mol. The molecule has 1 amide bonds. The van der Waals surface area contributed by atoms with E-state index in [0.717, 1.165) is 30.6 Å². The van der Waals surface area contributed by atoms with Crippen LogP contribution in [0.25, 0.3) is 5.52 Å². The molecule has 1 aliphatic heterocycles. The fourth-order valence-corrected chi connectivity index (χ4v) is 5.33. The Labute approximate surface area is 178 Å². The summed E-state index contributed by atoms with van der Waals surface area (Å²) in [5.41, 5.74) is 0.939.